The summed E-state index contributed by atoms with van der Waals surface area (Å²) in [6, 6.07) is 0. The number of allylic oxidation sites excluding steroid dienone is 5. The van der Waals surface area contributed by atoms with Crippen molar-refractivity contribution in [1.82, 2.24) is 10.2 Å². The van der Waals surface area contributed by atoms with Crippen molar-refractivity contribution in [2.45, 2.75) is 150 Å². The van der Waals surface area contributed by atoms with Crippen LogP contribution in [0.3, 0.4) is 0 Å². The molecule has 4 heteroatoms. The number of rotatable bonds is 8. The molecule has 1 saturated heterocycles. The largest absolute Gasteiger partial charge is 0.466 e. The Kier molecular flexibility index (Phi) is 9.72. The SMILES string of the molecule is C=C(C)[C@@H]1CC[C@]2(NCCN3CCCCC3)CC[C@]3(C)[C@H](CC[C@@H]4[C@@]5(C)CC=C(C6=CC[C@H](C(=O)OCC)CC6)C(C)(C)[C@@H]5CC[C@]43C)[C@@H]12. The summed E-state index contributed by atoms with van der Waals surface area (Å²) in [6.07, 6.45) is 24.3. The number of piperidine rings is 1. The van der Waals surface area contributed by atoms with Crippen LogP contribution in [-0.4, -0.2) is 49.2 Å². The molecule has 6 aliphatic carbocycles. The lowest BCUT2D eigenvalue weighted by Gasteiger charge is -2.72. The average molecular weight is 673 g/mol. The molecule has 0 aromatic heterocycles. The summed E-state index contributed by atoms with van der Waals surface area (Å²) in [5.74, 6) is 3.71. The van der Waals surface area contributed by atoms with Crippen LogP contribution in [0.15, 0.2) is 35.5 Å². The third-order valence-electron chi connectivity index (χ3n) is 17.4. The summed E-state index contributed by atoms with van der Waals surface area (Å²) in [6.45, 7) is 27.9. The second-order valence-electron chi connectivity index (χ2n) is 19.7. The maximum absolute atomic E-state index is 12.5. The molecule has 10 atom stereocenters. The molecule has 49 heavy (non-hydrogen) atoms. The van der Waals surface area contributed by atoms with E-state index >= 15 is 0 Å². The predicted octanol–water partition coefficient (Wildman–Crippen LogP) is 10.3. The van der Waals surface area contributed by atoms with E-state index in [0.29, 0.717) is 40.2 Å². The van der Waals surface area contributed by atoms with E-state index in [-0.39, 0.29) is 17.3 Å². The first-order chi connectivity index (χ1) is 23.3. The minimum Gasteiger partial charge on any atom is -0.466 e. The number of fused-ring (bicyclic) bond motifs is 7. The van der Waals surface area contributed by atoms with Crippen molar-refractivity contribution in [2.75, 3.05) is 32.8 Å². The number of ether oxygens (including phenoxy) is 1. The van der Waals surface area contributed by atoms with Crippen LogP contribution in [0.4, 0.5) is 0 Å². The standard InChI is InChI=1S/C45H72N2O2/c1-9-49-40(48)33-15-13-32(14-16-33)35-20-22-42(6)37(41(35,4)5)21-23-44(8)38(42)18-17-36-39-34(31(2)3)19-24-45(39,26-25-43(36,44)7)46-27-30-47-28-11-10-12-29-47/h13,20,33-34,36-39,46H,2,9-12,14-19,21-30H2,1,3-8H3/t33-,34-,36+,37-,38+,39+,42-,43+,44+,45-/m0/s1. The first-order valence-electron chi connectivity index (χ1n) is 21.0. The zero-order valence-electron chi connectivity index (χ0n) is 32.7. The Morgan fingerprint density at radius 2 is 1.69 bits per heavy atom. The number of nitrogens with zero attached hydrogens (tertiary/aromatic N) is 1. The smallest absolute Gasteiger partial charge is 0.309 e. The van der Waals surface area contributed by atoms with Gasteiger partial charge in [-0.15, -0.1) is 0 Å². The summed E-state index contributed by atoms with van der Waals surface area (Å²) < 4.78 is 5.39. The highest BCUT2D eigenvalue weighted by Gasteiger charge is 2.70. The molecule has 7 aliphatic rings. The zero-order chi connectivity index (χ0) is 34.8. The quantitative estimate of drug-likeness (QED) is 0.206. The second-order valence-corrected chi connectivity index (χ2v) is 19.7. The molecule has 0 aromatic carbocycles. The summed E-state index contributed by atoms with van der Waals surface area (Å²) in [5, 5.41) is 4.36. The summed E-state index contributed by atoms with van der Waals surface area (Å²) in [7, 11) is 0. The molecule has 0 unspecified atom stereocenters. The highest BCUT2D eigenvalue weighted by molar-refractivity contribution is 5.73. The molecule has 1 heterocycles. The van der Waals surface area contributed by atoms with Gasteiger partial charge in [-0.05, 0) is 179 Å². The molecule has 0 aromatic rings. The third kappa shape index (κ3) is 5.70. The van der Waals surface area contributed by atoms with Gasteiger partial charge in [0.1, 0.15) is 0 Å². The molecule has 274 valence electrons. The van der Waals surface area contributed by atoms with Gasteiger partial charge in [-0.25, -0.2) is 0 Å². The van der Waals surface area contributed by atoms with Gasteiger partial charge in [-0.3, -0.25) is 4.79 Å². The number of carbonyl (C=O) groups is 1. The fourth-order valence-corrected chi connectivity index (χ4v) is 14.8. The van der Waals surface area contributed by atoms with Crippen LogP contribution in [-0.2, 0) is 9.53 Å². The maximum Gasteiger partial charge on any atom is 0.309 e. The molecule has 0 amide bonds. The molecule has 4 nitrogen and oxygen atoms in total. The van der Waals surface area contributed by atoms with Crippen molar-refractivity contribution >= 4 is 5.97 Å². The Balaban J connectivity index is 1.13. The molecule has 0 radical (unpaired) electrons. The third-order valence-corrected chi connectivity index (χ3v) is 17.4. The molecular weight excluding hydrogens is 601 g/mol. The van der Waals surface area contributed by atoms with Crippen molar-refractivity contribution in [3.63, 3.8) is 0 Å². The zero-order valence-corrected chi connectivity index (χ0v) is 32.7. The average Bonchev–Trinajstić information content (AvgIpc) is 3.46. The minimum absolute atomic E-state index is 0.00159. The Labute approximate surface area is 300 Å². The molecule has 1 aliphatic heterocycles. The van der Waals surface area contributed by atoms with Gasteiger partial charge in [0.05, 0.1) is 12.5 Å². The highest BCUT2D eigenvalue weighted by atomic mass is 16.5. The Morgan fingerprint density at radius 3 is 2.39 bits per heavy atom. The molecule has 4 saturated carbocycles. The lowest BCUT2D eigenvalue weighted by Crippen LogP contribution is -2.68. The molecule has 7 rings (SSSR count). The minimum atomic E-state index is -0.00159. The topological polar surface area (TPSA) is 41.6 Å². The van der Waals surface area contributed by atoms with Gasteiger partial charge < -0.3 is 15.0 Å². The van der Waals surface area contributed by atoms with Gasteiger partial charge >= 0.3 is 5.97 Å². The first kappa shape index (κ1) is 36.0. The Bertz CT molecular complexity index is 1340. The summed E-state index contributed by atoms with van der Waals surface area (Å²) in [4.78, 5) is 15.2. The van der Waals surface area contributed by atoms with E-state index in [4.69, 9.17) is 4.74 Å². The van der Waals surface area contributed by atoms with Gasteiger partial charge in [0, 0.05) is 18.6 Å². The number of esters is 1. The van der Waals surface area contributed by atoms with E-state index in [1.807, 2.05) is 6.92 Å². The Hall–Kier alpha value is -1.39. The van der Waals surface area contributed by atoms with Crippen LogP contribution >= 0.6 is 0 Å². The van der Waals surface area contributed by atoms with Crippen molar-refractivity contribution in [1.29, 1.82) is 0 Å². The molecule has 0 bridgehead atoms. The van der Waals surface area contributed by atoms with Crippen LogP contribution in [0.5, 0.6) is 0 Å². The maximum atomic E-state index is 12.5. The van der Waals surface area contributed by atoms with E-state index in [1.54, 1.807) is 5.57 Å². The van der Waals surface area contributed by atoms with Crippen LogP contribution in [0, 0.1) is 57.2 Å². The van der Waals surface area contributed by atoms with Gasteiger partial charge in [0.2, 0.25) is 0 Å². The van der Waals surface area contributed by atoms with Crippen molar-refractivity contribution in [3.05, 3.63) is 35.5 Å². The normalized spacial score (nSPS) is 44.8. The number of hydrogen-bond acceptors (Lipinski definition) is 4. The monoisotopic (exact) mass is 673 g/mol. The number of nitrogens with one attached hydrogen (secondary N) is 1. The number of likely N-dealkylation sites (tertiary alicyclic amines) is 1. The van der Waals surface area contributed by atoms with Gasteiger partial charge in [0.15, 0.2) is 0 Å². The second kappa shape index (κ2) is 13.2. The fraction of sp³-hybridized carbons (Fsp3) is 0.844. The predicted molar refractivity (Wildman–Crippen MR) is 203 cm³/mol. The summed E-state index contributed by atoms with van der Waals surface area (Å²) in [5.41, 5.74) is 6.14. The van der Waals surface area contributed by atoms with Crippen LogP contribution in [0.25, 0.3) is 0 Å². The van der Waals surface area contributed by atoms with Crippen LogP contribution in [0.2, 0.25) is 0 Å². The van der Waals surface area contributed by atoms with Crippen LogP contribution < -0.4 is 5.32 Å². The molecule has 0 spiro atoms. The molecule has 1 N–H and O–H groups in total. The van der Waals surface area contributed by atoms with Gasteiger partial charge in [-0.1, -0.05) is 65.3 Å². The van der Waals surface area contributed by atoms with E-state index in [1.165, 1.54) is 108 Å². The van der Waals surface area contributed by atoms with Crippen molar-refractivity contribution in [2.24, 2.45) is 57.2 Å². The number of carbonyl (C=O) groups excluding carboxylic acids is 1. The van der Waals surface area contributed by atoms with E-state index in [9.17, 15) is 4.79 Å². The van der Waals surface area contributed by atoms with Gasteiger partial charge in [-0.2, -0.15) is 0 Å². The van der Waals surface area contributed by atoms with Crippen molar-refractivity contribution in [3.8, 4) is 0 Å². The van der Waals surface area contributed by atoms with E-state index in [0.717, 1.165) is 43.6 Å². The van der Waals surface area contributed by atoms with E-state index < -0.39 is 0 Å². The fourth-order valence-electron chi connectivity index (χ4n) is 14.8. The molecular formula is C45H72N2O2. The van der Waals surface area contributed by atoms with Crippen molar-refractivity contribution < 1.29 is 9.53 Å². The lowest BCUT2D eigenvalue weighted by molar-refractivity contribution is -0.221. The van der Waals surface area contributed by atoms with Crippen LogP contribution in [0.1, 0.15) is 145 Å². The lowest BCUT2D eigenvalue weighted by atomic mass is 9.33. The Morgan fingerprint density at radius 1 is 0.918 bits per heavy atom. The van der Waals surface area contributed by atoms with E-state index in [2.05, 4.69) is 70.5 Å². The first-order valence-corrected chi connectivity index (χ1v) is 21.0. The number of hydrogen-bond donors (Lipinski definition) is 1. The highest BCUT2D eigenvalue weighted by Crippen LogP contribution is 2.76. The molecule has 5 fully saturated rings. The summed E-state index contributed by atoms with van der Waals surface area (Å²) >= 11 is 0. The van der Waals surface area contributed by atoms with Gasteiger partial charge in [0.25, 0.3) is 0 Å².